The lowest BCUT2D eigenvalue weighted by molar-refractivity contribution is -0.134. The van der Waals surface area contributed by atoms with E-state index in [4.69, 9.17) is 11.6 Å². The molecular formula is C16H17ClN2O4. The second kappa shape index (κ2) is 5.85. The van der Waals surface area contributed by atoms with Crippen LogP contribution in [0.5, 0.6) is 0 Å². The van der Waals surface area contributed by atoms with Crippen molar-refractivity contribution >= 4 is 35.1 Å². The number of rotatable bonds is 5. The number of nitrogens with one attached hydrogen (secondary N) is 2. The number of benzene rings is 1. The lowest BCUT2D eigenvalue weighted by atomic mass is 10.0. The molecule has 0 unspecified atom stereocenters. The third-order valence-corrected chi connectivity index (χ3v) is 4.50. The molecule has 0 aromatic heterocycles. The van der Waals surface area contributed by atoms with Crippen LogP contribution in [-0.4, -0.2) is 30.9 Å². The maximum absolute atomic E-state index is 12.5. The molecule has 2 fully saturated rings. The van der Waals surface area contributed by atoms with Gasteiger partial charge in [0.1, 0.15) is 5.41 Å². The Bertz CT molecular complexity index is 681. The van der Waals surface area contributed by atoms with Gasteiger partial charge in [-0.2, -0.15) is 0 Å². The maximum Gasteiger partial charge on any atom is 0.337 e. The Morgan fingerprint density at radius 2 is 1.91 bits per heavy atom. The maximum atomic E-state index is 12.5. The van der Waals surface area contributed by atoms with Crippen molar-refractivity contribution in [3.05, 3.63) is 28.8 Å². The second-order valence-corrected chi connectivity index (χ2v) is 6.38. The second-order valence-electron chi connectivity index (χ2n) is 5.97. The van der Waals surface area contributed by atoms with Gasteiger partial charge in [0.05, 0.1) is 23.4 Å². The molecule has 0 heterocycles. The monoisotopic (exact) mass is 336 g/mol. The summed E-state index contributed by atoms with van der Waals surface area (Å²) in [5.41, 5.74) is -0.433. The standard InChI is InChI=1S/C16H17ClN2O4/c1-23-13(20)9-2-5-11(17)12(8-9)19-15(22)16(6-7-16)14(21)18-10-3-4-10/h2,5,8,10H,3-4,6-7H2,1H3,(H,18,21)(H,19,22). The number of hydrogen-bond donors (Lipinski definition) is 2. The van der Waals surface area contributed by atoms with Crippen LogP contribution in [0.4, 0.5) is 5.69 Å². The summed E-state index contributed by atoms with van der Waals surface area (Å²) < 4.78 is 4.65. The summed E-state index contributed by atoms with van der Waals surface area (Å²) in [6, 6.07) is 4.67. The molecule has 23 heavy (non-hydrogen) atoms. The first kappa shape index (κ1) is 15.8. The fourth-order valence-electron chi connectivity index (χ4n) is 2.34. The number of anilines is 1. The number of carbonyl (C=O) groups excluding carboxylic acids is 3. The van der Waals surface area contributed by atoms with Gasteiger partial charge in [-0.05, 0) is 43.9 Å². The van der Waals surface area contributed by atoms with Crippen molar-refractivity contribution < 1.29 is 19.1 Å². The normalized spacial score (nSPS) is 18.0. The third kappa shape index (κ3) is 3.17. The summed E-state index contributed by atoms with van der Waals surface area (Å²) in [5.74, 6) is -1.14. The zero-order valence-corrected chi connectivity index (χ0v) is 13.4. The molecule has 0 spiro atoms. The summed E-state index contributed by atoms with van der Waals surface area (Å²) in [7, 11) is 1.27. The van der Waals surface area contributed by atoms with E-state index in [2.05, 4.69) is 15.4 Å². The van der Waals surface area contributed by atoms with Crippen molar-refractivity contribution in [1.29, 1.82) is 0 Å². The molecule has 6 nitrogen and oxygen atoms in total. The first-order valence-electron chi connectivity index (χ1n) is 7.46. The fourth-order valence-corrected chi connectivity index (χ4v) is 2.51. The first-order chi connectivity index (χ1) is 11.0. The van der Waals surface area contributed by atoms with Gasteiger partial charge in [0.15, 0.2) is 0 Å². The minimum absolute atomic E-state index is 0.207. The minimum Gasteiger partial charge on any atom is -0.465 e. The summed E-state index contributed by atoms with van der Waals surface area (Å²) >= 11 is 6.07. The molecular weight excluding hydrogens is 320 g/mol. The number of methoxy groups -OCH3 is 1. The molecule has 122 valence electrons. The molecule has 2 N–H and O–H groups in total. The van der Waals surface area contributed by atoms with Crippen molar-refractivity contribution in [2.24, 2.45) is 5.41 Å². The highest BCUT2D eigenvalue weighted by atomic mass is 35.5. The van der Waals surface area contributed by atoms with Gasteiger partial charge in [-0.3, -0.25) is 9.59 Å². The summed E-state index contributed by atoms with van der Waals surface area (Å²) in [6.07, 6.45) is 2.98. The Morgan fingerprint density at radius 1 is 1.22 bits per heavy atom. The Hall–Kier alpha value is -2.08. The van der Waals surface area contributed by atoms with Crippen LogP contribution >= 0.6 is 11.6 Å². The van der Waals surface area contributed by atoms with E-state index in [1.165, 1.54) is 25.3 Å². The van der Waals surface area contributed by atoms with Crippen LogP contribution in [-0.2, 0) is 14.3 Å². The van der Waals surface area contributed by atoms with Crippen LogP contribution in [0.1, 0.15) is 36.0 Å². The van der Waals surface area contributed by atoms with Gasteiger partial charge in [-0.15, -0.1) is 0 Å². The Kier molecular flexibility index (Phi) is 4.02. The summed E-state index contributed by atoms with van der Waals surface area (Å²) in [4.78, 5) is 36.3. The van der Waals surface area contributed by atoms with Crippen LogP contribution in [0.3, 0.4) is 0 Å². The topological polar surface area (TPSA) is 84.5 Å². The van der Waals surface area contributed by atoms with E-state index in [0.717, 1.165) is 12.8 Å². The van der Waals surface area contributed by atoms with E-state index in [9.17, 15) is 14.4 Å². The zero-order valence-electron chi connectivity index (χ0n) is 12.6. The van der Waals surface area contributed by atoms with Gasteiger partial charge in [0.2, 0.25) is 11.8 Å². The van der Waals surface area contributed by atoms with Crippen LogP contribution in [0.2, 0.25) is 5.02 Å². The molecule has 2 saturated carbocycles. The molecule has 3 rings (SSSR count). The SMILES string of the molecule is COC(=O)c1ccc(Cl)c(NC(=O)C2(C(=O)NC3CC3)CC2)c1. The quantitative estimate of drug-likeness (QED) is 0.637. The van der Waals surface area contributed by atoms with Crippen molar-refractivity contribution in [2.75, 3.05) is 12.4 Å². The number of halogens is 1. The van der Waals surface area contributed by atoms with E-state index < -0.39 is 11.4 Å². The highest BCUT2D eigenvalue weighted by Gasteiger charge is 2.57. The molecule has 7 heteroatoms. The molecule has 0 bridgehead atoms. The van der Waals surface area contributed by atoms with Gasteiger partial charge in [0.25, 0.3) is 0 Å². The first-order valence-corrected chi connectivity index (χ1v) is 7.84. The lowest BCUT2D eigenvalue weighted by Gasteiger charge is -2.16. The van der Waals surface area contributed by atoms with Gasteiger partial charge in [-0.25, -0.2) is 4.79 Å². The van der Waals surface area contributed by atoms with Crippen molar-refractivity contribution in [3.63, 3.8) is 0 Å². The number of carbonyl (C=O) groups is 3. The van der Waals surface area contributed by atoms with Gasteiger partial charge in [0, 0.05) is 6.04 Å². The molecule has 0 atom stereocenters. The van der Waals surface area contributed by atoms with Crippen molar-refractivity contribution in [3.8, 4) is 0 Å². The Morgan fingerprint density at radius 3 is 2.48 bits per heavy atom. The van der Waals surface area contributed by atoms with E-state index in [-0.39, 0.29) is 23.4 Å². The Labute approximate surface area is 138 Å². The highest BCUT2D eigenvalue weighted by molar-refractivity contribution is 6.34. The molecule has 2 amide bonds. The lowest BCUT2D eigenvalue weighted by Crippen LogP contribution is -2.40. The number of esters is 1. The largest absolute Gasteiger partial charge is 0.465 e. The molecule has 1 aromatic carbocycles. The number of hydrogen-bond acceptors (Lipinski definition) is 4. The predicted molar refractivity (Wildman–Crippen MR) is 84.3 cm³/mol. The molecule has 0 radical (unpaired) electrons. The van der Waals surface area contributed by atoms with E-state index in [1.807, 2.05) is 0 Å². The molecule has 0 aliphatic heterocycles. The molecule has 2 aliphatic rings. The molecule has 2 aliphatic carbocycles. The van der Waals surface area contributed by atoms with Gasteiger partial charge < -0.3 is 15.4 Å². The third-order valence-electron chi connectivity index (χ3n) is 4.17. The van der Waals surface area contributed by atoms with Crippen molar-refractivity contribution in [1.82, 2.24) is 5.32 Å². The fraction of sp³-hybridized carbons (Fsp3) is 0.438. The van der Waals surface area contributed by atoms with Crippen LogP contribution in [0.15, 0.2) is 18.2 Å². The molecule has 1 aromatic rings. The average molecular weight is 337 g/mol. The number of amides is 2. The van der Waals surface area contributed by atoms with Gasteiger partial charge >= 0.3 is 5.97 Å². The van der Waals surface area contributed by atoms with Crippen LogP contribution < -0.4 is 10.6 Å². The number of ether oxygens (including phenoxy) is 1. The highest BCUT2D eigenvalue weighted by Crippen LogP contribution is 2.47. The van der Waals surface area contributed by atoms with E-state index in [1.54, 1.807) is 0 Å². The minimum atomic E-state index is -1.01. The van der Waals surface area contributed by atoms with E-state index >= 15 is 0 Å². The Balaban J connectivity index is 1.74. The van der Waals surface area contributed by atoms with Crippen LogP contribution in [0, 0.1) is 5.41 Å². The van der Waals surface area contributed by atoms with Crippen LogP contribution in [0.25, 0.3) is 0 Å². The molecule has 0 saturated heterocycles. The predicted octanol–water partition coefficient (Wildman–Crippen LogP) is 2.12. The van der Waals surface area contributed by atoms with E-state index in [0.29, 0.717) is 23.6 Å². The average Bonchev–Trinajstić information content (AvgIpc) is 3.42. The smallest absolute Gasteiger partial charge is 0.337 e. The van der Waals surface area contributed by atoms with Gasteiger partial charge in [-0.1, -0.05) is 11.6 Å². The summed E-state index contributed by atoms with van der Waals surface area (Å²) in [5, 5.41) is 5.83. The van der Waals surface area contributed by atoms with Crippen molar-refractivity contribution in [2.45, 2.75) is 31.7 Å². The summed E-state index contributed by atoms with van der Waals surface area (Å²) in [6.45, 7) is 0. The zero-order chi connectivity index (χ0) is 16.6.